The van der Waals surface area contributed by atoms with E-state index >= 15 is 0 Å². The lowest BCUT2D eigenvalue weighted by atomic mass is 9.97. The number of amides is 2. The minimum absolute atomic E-state index is 0.154. The normalized spacial score (nSPS) is 17.6. The molecule has 10 nitrogen and oxygen atoms in total. The molecule has 4 heterocycles. The molecule has 3 aromatic heterocycles. The summed E-state index contributed by atoms with van der Waals surface area (Å²) in [6, 6.07) is 23.7. The van der Waals surface area contributed by atoms with E-state index < -0.39 is 5.54 Å². The average molecular weight is 530 g/mol. The van der Waals surface area contributed by atoms with Gasteiger partial charge in [0.15, 0.2) is 5.84 Å². The summed E-state index contributed by atoms with van der Waals surface area (Å²) in [7, 11) is 0. The van der Waals surface area contributed by atoms with Gasteiger partial charge in [-0.2, -0.15) is 0 Å². The molecule has 2 amide bonds. The molecule has 0 radical (unpaired) electrons. The van der Waals surface area contributed by atoms with Crippen molar-refractivity contribution in [3.05, 3.63) is 119 Å². The Kier molecular flexibility index (Phi) is 5.41. The molecule has 2 aliphatic rings. The first kappa shape index (κ1) is 23.7. The number of anilines is 1. The van der Waals surface area contributed by atoms with Crippen LogP contribution in [0.1, 0.15) is 16.8 Å². The number of aromatic nitrogens is 4. The zero-order valence-electron chi connectivity index (χ0n) is 21.2. The Bertz CT molecular complexity index is 1890. The highest BCUT2D eigenvalue weighted by molar-refractivity contribution is 6.15. The largest absolute Gasteiger partial charge is 0.335 e. The fourth-order valence-corrected chi connectivity index (χ4v) is 5.53. The molecular weight excluding hydrogens is 506 g/mol. The van der Waals surface area contributed by atoms with Crippen molar-refractivity contribution < 1.29 is 9.59 Å². The van der Waals surface area contributed by atoms with E-state index in [1.807, 2.05) is 66.7 Å². The lowest BCUT2D eigenvalue weighted by molar-refractivity contribution is -0.123. The van der Waals surface area contributed by atoms with Gasteiger partial charge in [-0.25, -0.2) is 19.3 Å². The summed E-state index contributed by atoms with van der Waals surface area (Å²) >= 11 is 0. The molecule has 1 atom stereocenters. The number of carbonyl (C=O) groups excluding carboxylic acids is 2. The van der Waals surface area contributed by atoms with Crippen LogP contribution in [0.3, 0.4) is 0 Å². The van der Waals surface area contributed by atoms with Gasteiger partial charge in [-0.1, -0.05) is 30.3 Å². The summed E-state index contributed by atoms with van der Waals surface area (Å²) < 4.78 is 2.95. The molecule has 0 saturated carbocycles. The Morgan fingerprint density at radius 1 is 0.875 bits per heavy atom. The Morgan fingerprint density at radius 2 is 1.62 bits per heavy atom. The van der Waals surface area contributed by atoms with Gasteiger partial charge >= 0.3 is 5.69 Å². The molecule has 1 unspecified atom stereocenters. The molecule has 0 bridgehead atoms. The molecule has 0 fully saturated rings. The number of imidazole rings is 1. The highest BCUT2D eigenvalue weighted by atomic mass is 16.2. The molecule has 1 aliphatic heterocycles. The van der Waals surface area contributed by atoms with Gasteiger partial charge in [-0.3, -0.25) is 19.1 Å². The Balaban J connectivity index is 1.13. The lowest BCUT2D eigenvalue weighted by Gasteiger charge is -2.14. The maximum Gasteiger partial charge on any atom is 0.335 e. The number of rotatable bonds is 5. The molecule has 40 heavy (non-hydrogen) atoms. The van der Waals surface area contributed by atoms with Crippen LogP contribution in [0.15, 0.2) is 101 Å². The van der Waals surface area contributed by atoms with Crippen LogP contribution in [0, 0.1) is 0 Å². The highest BCUT2D eigenvalue weighted by Crippen LogP contribution is 2.37. The first-order valence-corrected chi connectivity index (χ1v) is 12.9. The predicted molar refractivity (Wildman–Crippen MR) is 149 cm³/mol. The summed E-state index contributed by atoms with van der Waals surface area (Å²) in [4.78, 5) is 52.9. The average Bonchev–Trinajstić information content (AvgIpc) is 3.60. The summed E-state index contributed by atoms with van der Waals surface area (Å²) in [6.07, 6.45) is 4.18. The monoisotopic (exact) mass is 529 g/mol. The van der Waals surface area contributed by atoms with Crippen molar-refractivity contribution in [3.63, 3.8) is 0 Å². The van der Waals surface area contributed by atoms with Gasteiger partial charge in [0.2, 0.25) is 5.91 Å². The smallest absolute Gasteiger partial charge is 0.325 e. The van der Waals surface area contributed by atoms with Crippen LogP contribution in [0.25, 0.3) is 16.9 Å². The van der Waals surface area contributed by atoms with Crippen molar-refractivity contribution in [2.45, 2.75) is 24.9 Å². The second-order valence-corrected chi connectivity index (χ2v) is 9.93. The van der Waals surface area contributed by atoms with Crippen LogP contribution in [0.4, 0.5) is 5.69 Å². The second-order valence-electron chi connectivity index (χ2n) is 9.93. The van der Waals surface area contributed by atoms with Crippen LogP contribution in [0.2, 0.25) is 0 Å². The molecule has 1 aliphatic carbocycles. The second kappa shape index (κ2) is 9.12. The molecule has 0 saturated heterocycles. The molecule has 2 N–H and O–H groups in total. The molecule has 2 aromatic carbocycles. The molecule has 5 aromatic rings. The molecular formula is C30H23N7O3. The number of hydrogen-bond donors (Lipinski definition) is 2. The fourth-order valence-electron chi connectivity index (χ4n) is 5.53. The van der Waals surface area contributed by atoms with Crippen molar-refractivity contribution in [3.8, 4) is 5.82 Å². The van der Waals surface area contributed by atoms with Crippen molar-refractivity contribution in [2.24, 2.45) is 4.99 Å². The summed E-state index contributed by atoms with van der Waals surface area (Å²) in [5.41, 5.74) is 3.21. The number of nitrogens with zero attached hydrogens (tertiary/aromatic N) is 5. The number of pyridine rings is 2. The highest BCUT2D eigenvalue weighted by Gasteiger charge is 2.48. The number of hydrogen-bond acceptors (Lipinski definition) is 6. The van der Waals surface area contributed by atoms with Gasteiger partial charge in [0.1, 0.15) is 23.6 Å². The summed E-state index contributed by atoms with van der Waals surface area (Å²) in [6.45, 7) is -0.166. The maximum atomic E-state index is 13.4. The topological polar surface area (TPSA) is 123 Å². The third-order valence-electron chi connectivity index (χ3n) is 7.36. The third kappa shape index (κ3) is 3.89. The summed E-state index contributed by atoms with van der Waals surface area (Å²) in [5.74, 6) is 0.467. The SMILES string of the molecule is O=C(Cn1c(=O)n(-c2ccccn2)c2ccccc21)Nc1ccc2c(c1)CC1(C2)N=C(c2ccccn2)NC1=O. The van der Waals surface area contributed by atoms with Crippen LogP contribution in [-0.2, 0) is 29.0 Å². The van der Waals surface area contributed by atoms with Gasteiger partial charge < -0.3 is 10.6 Å². The zero-order chi connectivity index (χ0) is 27.3. The molecule has 196 valence electrons. The van der Waals surface area contributed by atoms with E-state index in [1.54, 1.807) is 24.5 Å². The van der Waals surface area contributed by atoms with Crippen molar-refractivity contribution in [2.75, 3.05) is 5.32 Å². The minimum atomic E-state index is -0.918. The first-order chi connectivity index (χ1) is 19.5. The van der Waals surface area contributed by atoms with E-state index in [-0.39, 0.29) is 24.0 Å². The van der Waals surface area contributed by atoms with Crippen LogP contribution >= 0.6 is 0 Å². The Morgan fingerprint density at radius 3 is 2.40 bits per heavy atom. The number of nitrogens with one attached hydrogen (secondary N) is 2. The standard InChI is InChI=1S/C30H23N7O3/c38-26(18-36-23-8-1-2-9-24(23)37(29(36)40)25-10-4-6-14-32-25)33-21-12-11-19-16-30(17-20(19)15-21)28(39)34-27(35-30)22-7-3-5-13-31-22/h1-15H,16-18H2,(H,33,38)(H,34,35,39). The van der Waals surface area contributed by atoms with E-state index in [0.717, 1.165) is 11.1 Å². The lowest BCUT2D eigenvalue weighted by Crippen LogP contribution is -2.40. The van der Waals surface area contributed by atoms with E-state index in [1.165, 1.54) is 9.13 Å². The van der Waals surface area contributed by atoms with Crippen LogP contribution in [0.5, 0.6) is 0 Å². The number of aliphatic imine (C=N–C) groups is 1. The van der Waals surface area contributed by atoms with E-state index in [2.05, 4.69) is 20.6 Å². The maximum absolute atomic E-state index is 13.4. The van der Waals surface area contributed by atoms with E-state index in [9.17, 15) is 14.4 Å². The number of para-hydroxylation sites is 2. The summed E-state index contributed by atoms with van der Waals surface area (Å²) in [5, 5.41) is 5.80. The fraction of sp³-hybridized carbons (Fsp3) is 0.133. The van der Waals surface area contributed by atoms with E-state index in [4.69, 9.17) is 4.99 Å². The van der Waals surface area contributed by atoms with Gasteiger partial charge in [0.25, 0.3) is 5.91 Å². The van der Waals surface area contributed by atoms with Crippen molar-refractivity contribution in [1.82, 2.24) is 24.4 Å². The first-order valence-electron chi connectivity index (χ1n) is 12.9. The van der Waals surface area contributed by atoms with E-state index in [0.29, 0.717) is 46.9 Å². The number of fused-ring (bicyclic) bond motifs is 2. The van der Waals surface area contributed by atoms with Gasteiger partial charge in [-0.05, 0) is 59.7 Å². The Labute approximate surface area is 228 Å². The molecule has 10 heteroatoms. The Hall–Kier alpha value is -5.38. The quantitative estimate of drug-likeness (QED) is 0.362. The van der Waals surface area contributed by atoms with Crippen molar-refractivity contribution in [1.29, 1.82) is 0 Å². The van der Waals surface area contributed by atoms with Crippen LogP contribution < -0.4 is 16.3 Å². The zero-order valence-corrected chi connectivity index (χ0v) is 21.2. The van der Waals surface area contributed by atoms with Gasteiger partial charge in [0.05, 0.1) is 11.0 Å². The number of carbonyl (C=O) groups is 2. The predicted octanol–water partition coefficient (Wildman–Crippen LogP) is 2.63. The van der Waals surface area contributed by atoms with Gasteiger partial charge in [0, 0.05) is 30.9 Å². The third-order valence-corrected chi connectivity index (χ3v) is 7.36. The molecule has 7 rings (SSSR count). The minimum Gasteiger partial charge on any atom is -0.325 e. The number of benzene rings is 2. The number of amidine groups is 1. The van der Waals surface area contributed by atoms with Crippen LogP contribution in [-0.4, -0.2) is 42.3 Å². The molecule has 1 spiro atoms. The van der Waals surface area contributed by atoms with Crippen molar-refractivity contribution >= 4 is 34.4 Å². The van der Waals surface area contributed by atoms with Gasteiger partial charge in [-0.15, -0.1) is 0 Å².